The van der Waals surface area contributed by atoms with E-state index in [1.165, 1.54) is 25.7 Å². The maximum absolute atomic E-state index is 10.9. The molecule has 3 rings (SSSR count). The molecule has 0 amide bonds. The van der Waals surface area contributed by atoms with Crippen LogP contribution in [0.1, 0.15) is 0 Å². The van der Waals surface area contributed by atoms with Crippen molar-refractivity contribution in [2.24, 2.45) is 0 Å². The van der Waals surface area contributed by atoms with E-state index in [0.717, 1.165) is 0 Å². The maximum atomic E-state index is 10.9. The van der Waals surface area contributed by atoms with Gasteiger partial charge in [0.2, 0.25) is 5.75 Å². The largest absolute Gasteiger partial charge is 0.489 e. The zero-order valence-corrected chi connectivity index (χ0v) is 13.7. The van der Waals surface area contributed by atoms with Crippen molar-refractivity contribution in [1.29, 1.82) is 0 Å². The number of aliphatic hydroxyl groups excluding tert-OH is 1. The number of ether oxygens (including phenoxy) is 2. The fourth-order valence-corrected chi connectivity index (χ4v) is 2.31. The number of aromatic nitrogens is 3. The number of hydrogen-bond donors (Lipinski definition) is 2. The quantitative estimate of drug-likeness (QED) is 0.482. The van der Waals surface area contributed by atoms with E-state index in [-0.39, 0.29) is 23.9 Å². The van der Waals surface area contributed by atoms with Gasteiger partial charge in [-0.25, -0.2) is 9.97 Å². The molecule has 134 valence electrons. The van der Waals surface area contributed by atoms with Crippen molar-refractivity contribution in [2.75, 3.05) is 25.6 Å². The highest BCUT2D eigenvalue weighted by atomic mass is 16.6. The summed E-state index contributed by atoms with van der Waals surface area (Å²) in [6.45, 7) is 0.316. The fraction of sp³-hybridized carbons (Fsp3) is 0.188. The molecule has 0 radical (unpaired) electrons. The second-order valence-electron chi connectivity index (χ2n) is 5.11. The van der Waals surface area contributed by atoms with Crippen LogP contribution < -0.4 is 14.8 Å². The van der Waals surface area contributed by atoms with Crippen molar-refractivity contribution in [3.63, 3.8) is 0 Å². The lowest BCUT2D eigenvalue weighted by molar-refractivity contribution is -0.390. The average Bonchev–Trinajstić information content (AvgIpc) is 2.66. The van der Waals surface area contributed by atoms with Crippen LogP contribution in [0.5, 0.6) is 17.2 Å². The van der Waals surface area contributed by atoms with Crippen LogP contribution >= 0.6 is 0 Å². The van der Waals surface area contributed by atoms with Gasteiger partial charge in [-0.15, -0.1) is 0 Å². The molecule has 0 fully saturated rings. The van der Waals surface area contributed by atoms with Gasteiger partial charge >= 0.3 is 5.82 Å². The monoisotopic (exact) mass is 357 g/mol. The van der Waals surface area contributed by atoms with Gasteiger partial charge in [0.25, 0.3) is 0 Å². The minimum absolute atomic E-state index is 0.00178. The van der Waals surface area contributed by atoms with Crippen molar-refractivity contribution >= 4 is 22.5 Å². The van der Waals surface area contributed by atoms with E-state index < -0.39 is 4.92 Å². The van der Waals surface area contributed by atoms with Crippen molar-refractivity contribution in [2.45, 2.75) is 0 Å². The Morgan fingerprint density at radius 1 is 1.23 bits per heavy atom. The van der Waals surface area contributed by atoms with Gasteiger partial charge in [-0.1, -0.05) is 0 Å². The Labute approximate surface area is 147 Å². The molecule has 0 bridgehead atoms. The zero-order valence-electron chi connectivity index (χ0n) is 13.7. The number of nitrogens with zero attached hydrogens (tertiary/aromatic N) is 4. The number of pyridine rings is 1. The van der Waals surface area contributed by atoms with E-state index >= 15 is 0 Å². The Morgan fingerprint density at radius 3 is 2.81 bits per heavy atom. The highest BCUT2D eigenvalue weighted by Gasteiger charge is 2.18. The SMILES string of the molecule is COc1cc(Oc2ccc3ncnc(NCCO)c3c2)cnc1[N+](=O)[O-]. The summed E-state index contributed by atoms with van der Waals surface area (Å²) >= 11 is 0. The molecule has 0 saturated heterocycles. The number of hydrogen-bond acceptors (Lipinski definition) is 9. The van der Waals surface area contributed by atoms with Gasteiger partial charge < -0.3 is 30.0 Å². The minimum atomic E-state index is -0.630. The van der Waals surface area contributed by atoms with E-state index in [9.17, 15) is 10.1 Å². The Morgan fingerprint density at radius 2 is 2.08 bits per heavy atom. The van der Waals surface area contributed by atoms with Gasteiger partial charge in [0.1, 0.15) is 17.9 Å². The lowest BCUT2D eigenvalue weighted by atomic mass is 10.2. The van der Waals surface area contributed by atoms with Crippen molar-refractivity contribution < 1.29 is 19.5 Å². The predicted octanol–water partition coefficient (Wildman–Crippen LogP) is 2.14. The first kappa shape index (κ1) is 17.3. The van der Waals surface area contributed by atoms with E-state index in [2.05, 4.69) is 20.3 Å². The Balaban J connectivity index is 1.92. The highest BCUT2D eigenvalue weighted by molar-refractivity contribution is 5.90. The number of nitro groups is 1. The predicted molar refractivity (Wildman–Crippen MR) is 92.6 cm³/mol. The van der Waals surface area contributed by atoms with E-state index in [4.69, 9.17) is 14.6 Å². The molecule has 26 heavy (non-hydrogen) atoms. The second-order valence-corrected chi connectivity index (χ2v) is 5.11. The van der Waals surface area contributed by atoms with Crippen molar-refractivity contribution in [1.82, 2.24) is 15.0 Å². The second kappa shape index (κ2) is 7.57. The number of nitrogens with one attached hydrogen (secondary N) is 1. The summed E-state index contributed by atoms with van der Waals surface area (Å²) in [5, 5.41) is 23.6. The van der Waals surface area contributed by atoms with Crippen LogP contribution in [-0.2, 0) is 0 Å². The zero-order chi connectivity index (χ0) is 18.5. The molecular formula is C16H15N5O5. The van der Waals surface area contributed by atoms with Crippen LogP contribution in [0.3, 0.4) is 0 Å². The molecule has 1 aromatic carbocycles. The molecule has 3 aromatic rings. The summed E-state index contributed by atoms with van der Waals surface area (Å²) in [5.41, 5.74) is 0.701. The molecule has 0 aliphatic rings. The van der Waals surface area contributed by atoms with Crippen molar-refractivity contribution in [3.8, 4) is 17.2 Å². The normalized spacial score (nSPS) is 10.5. The van der Waals surface area contributed by atoms with Crippen molar-refractivity contribution in [3.05, 3.63) is 46.9 Å². The van der Waals surface area contributed by atoms with Gasteiger partial charge in [0.05, 0.1) is 19.2 Å². The summed E-state index contributed by atoms with van der Waals surface area (Å²) < 4.78 is 10.7. The number of fused-ring (bicyclic) bond motifs is 1. The third kappa shape index (κ3) is 3.59. The van der Waals surface area contributed by atoms with Crippen LogP contribution in [0.4, 0.5) is 11.6 Å². The number of aliphatic hydroxyl groups is 1. The smallest absolute Gasteiger partial charge is 0.406 e. The molecule has 0 atom stereocenters. The van der Waals surface area contributed by atoms with Gasteiger partial charge in [-0.05, 0) is 28.1 Å². The molecule has 2 heterocycles. The molecule has 0 aliphatic carbocycles. The topological polar surface area (TPSA) is 133 Å². The van der Waals surface area contributed by atoms with E-state index in [1.807, 2.05) is 0 Å². The van der Waals surface area contributed by atoms with E-state index in [0.29, 0.717) is 29.0 Å². The first-order chi connectivity index (χ1) is 12.6. The van der Waals surface area contributed by atoms with E-state index in [1.54, 1.807) is 18.2 Å². The molecule has 0 spiro atoms. The van der Waals surface area contributed by atoms with Crippen LogP contribution in [-0.4, -0.2) is 45.2 Å². The summed E-state index contributed by atoms with van der Waals surface area (Å²) in [4.78, 5) is 22.4. The Hall–Kier alpha value is -3.53. The molecule has 2 aromatic heterocycles. The third-order valence-corrected chi connectivity index (χ3v) is 3.45. The molecule has 0 aliphatic heterocycles. The average molecular weight is 357 g/mol. The molecule has 2 N–H and O–H groups in total. The number of anilines is 1. The highest BCUT2D eigenvalue weighted by Crippen LogP contribution is 2.32. The molecule has 10 heteroatoms. The minimum Gasteiger partial charge on any atom is -0.489 e. The van der Waals surface area contributed by atoms with Crippen LogP contribution in [0.25, 0.3) is 10.9 Å². The molecular weight excluding hydrogens is 342 g/mol. The number of benzene rings is 1. The van der Waals surface area contributed by atoms with Gasteiger partial charge in [-0.2, -0.15) is 0 Å². The first-order valence-corrected chi connectivity index (χ1v) is 7.58. The third-order valence-electron chi connectivity index (χ3n) is 3.45. The lowest BCUT2D eigenvalue weighted by Crippen LogP contribution is -2.07. The number of rotatable bonds is 7. The van der Waals surface area contributed by atoms with Crippen LogP contribution in [0, 0.1) is 10.1 Å². The summed E-state index contributed by atoms with van der Waals surface area (Å²) in [6, 6.07) is 6.58. The fourth-order valence-electron chi connectivity index (χ4n) is 2.31. The summed E-state index contributed by atoms with van der Waals surface area (Å²) in [5.74, 6) is 0.934. The first-order valence-electron chi connectivity index (χ1n) is 7.58. The number of methoxy groups -OCH3 is 1. The maximum Gasteiger partial charge on any atom is 0.406 e. The lowest BCUT2D eigenvalue weighted by Gasteiger charge is -2.10. The van der Waals surface area contributed by atoms with Gasteiger partial charge in [0, 0.05) is 18.0 Å². The standard InChI is InChI=1S/C16H15N5O5/c1-25-14-7-11(8-18-16(14)21(23)24)26-10-2-3-13-12(6-10)15(17-4-5-22)20-9-19-13/h2-3,6-9,22H,4-5H2,1H3,(H,17,19,20). The van der Waals surface area contributed by atoms with Crippen LogP contribution in [0.2, 0.25) is 0 Å². The molecule has 10 nitrogen and oxygen atoms in total. The van der Waals surface area contributed by atoms with Gasteiger partial charge in [-0.3, -0.25) is 0 Å². The Bertz CT molecular complexity index is 949. The molecule has 0 unspecified atom stereocenters. The molecule has 0 saturated carbocycles. The van der Waals surface area contributed by atoms with Gasteiger partial charge in [0.15, 0.2) is 11.9 Å². The van der Waals surface area contributed by atoms with Crippen LogP contribution in [0.15, 0.2) is 36.8 Å². The Kier molecular flexibility index (Phi) is 5.04. The summed E-state index contributed by atoms with van der Waals surface area (Å²) in [7, 11) is 1.32. The summed E-state index contributed by atoms with van der Waals surface area (Å²) in [6.07, 6.45) is 2.67.